The summed E-state index contributed by atoms with van der Waals surface area (Å²) >= 11 is 7.82. The van der Waals surface area contributed by atoms with E-state index in [-0.39, 0.29) is 11.3 Å². The standard InChI is InChI=1S/C16H22ClNOS/c17-10-16(7-3-4-8-16)11-18-15(19)14-9-12-5-1-2-6-13(12)20-14/h9H,1-8,10-11H2,(H,18,19). The van der Waals surface area contributed by atoms with Gasteiger partial charge in [-0.15, -0.1) is 22.9 Å². The van der Waals surface area contributed by atoms with Crippen LogP contribution in [0.5, 0.6) is 0 Å². The summed E-state index contributed by atoms with van der Waals surface area (Å²) in [6.07, 6.45) is 9.62. The van der Waals surface area contributed by atoms with Gasteiger partial charge in [-0.25, -0.2) is 0 Å². The number of fused-ring (bicyclic) bond motifs is 1. The lowest BCUT2D eigenvalue weighted by Crippen LogP contribution is -2.36. The maximum atomic E-state index is 12.3. The quantitative estimate of drug-likeness (QED) is 0.831. The monoisotopic (exact) mass is 311 g/mol. The van der Waals surface area contributed by atoms with Gasteiger partial charge in [-0.3, -0.25) is 4.79 Å². The van der Waals surface area contributed by atoms with Crippen molar-refractivity contribution in [1.82, 2.24) is 5.32 Å². The molecule has 4 heteroatoms. The highest BCUT2D eigenvalue weighted by atomic mass is 35.5. The Morgan fingerprint density at radius 1 is 1.25 bits per heavy atom. The molecule has 0 aromatic carbocycles. The average Bonchev–Trinajstić information content (AvgIpc) is 3.12. The van der Waals surface area contributed by atoms with Crippen molar-refractivity contribution in [2.75, 3.05) is 12.4 Å². The Morgan fingerprint density at radius 2 is 2.00 bits per heavy atom. The van der Waals surface area contributed by atoms with Crippen molar-refractivity contribution in [3.8, 4) is 0 Å². The van der Waals surface area contributed by atoms with Crippen LogP contribution in [0.4, 0.5) is 0 Å². The Hall–Kier alpha value is -0.540. The SMILES string of the molecule is O=C(NCC1(CCl)CCCC1)c1cc2c(s1)CCCC2. The number of aryl methyl sites for hydroxylation is 2. The molecule has 1 saturated carbocycles. The number of nitrogens with one attached hydrogen (secondary N) is 1. The van der Waals surface area contributed by atoms with Crippen LogP contribution in [0.25, 0.3) is 0 Å². The van der Waals surface area contributed by atoms with Gasteiger partial charge in [0.2, 0.25) is 0 Å². The van der Waals surface area contributed by atoms with Crippen LogP contribution in [-0.2, 0) is 12.8 Å². The minimum atomic E-state index is 0.0980. The fourth-order valence-corrected chi connectivity index (χ4v) is 4.97. The molecule has 1 fully saturated rings. The van der Waals surface area contributed by atoms with E-state index in [4.69, 9.17) is 11.6 Å². The van der Waals surface area contributed by atoms with Crippen molar-refractivity contribution in [2.24, 2.45) is 5.41 Å². The van der Waals surface area contributed by atoms with E-state index in [2.05, 4.69) is 11.4 Å². The van der Waals surface area contributed by atoms with Crippen LogP contribution in [0.15, 0.2) is 6.07 Å². The summed E-state index contributed by atoms with van der Waals surface area (Å²) in [6, 6.07) is 2.11. The number of rotatable bonds is 4. The van der Waals surface area contributed by atoms with Crippen LogP contribution in [0, 0.1) is 5.41 Å². The van der Waals surface area contributed by atoms with Gasteiger partial charge in [-0.2, -0.15) is 0 Å². The lowest BCUT2D eigenvalue weighted by Gasteiger charge is -2.26. The van der Waals surface area contributed by atoms with Crippen LogP contribution in [0.3, 0.4) is 0 Å². The number of hydrogen-bond donors (Lipinski definition) is 1. The summed E-state index contributed by atoms with van der Waals surface area (Å²) in [7, 11) is 0. The molecule has 0 aliphatic heterocycles. The first-order valence-electron chi connectivity index (χ1n) is 7.68. The molecule has 1 amide bonds. The highest BCUT2D eigenvalue weighted by molar-refractivity contribution is 7.14. The second-order valence-corrected chi connectivity index (χ2v) is 7.69. The largest absolute Gasteiger partial charge is 0.351 e. The molecular formula is C16H22ClNOS. The molecule has 0 radical (unpaired) electrons. The van der Waals surface area contributed by atoms with E-state index in [0.29, 0.717) is 5.88 Å². The molecule has 1 heterocycles. The molecule has 1 aromatic rings. The number of alkyl halides is 1. The maximum absolute atomic E-state index is 12.3. The zero-order chi connectivity index (χ0) is 14.0. The van der Waals surface area contributed by atoms with Crippen molar-refractivity contribution in [3.63, 3.8) is 0 Å². The van der Waals surface area contributed by atoms with E-state index in [0.717, 1.165) is 37.1 Å². The van der Waals surface area contributed by atoms with Crippen molar-refractivity contribution in [1.29, 1.82) is 0 Å². The summed E-state index contributed by atoms with van der Waals surface area (Å²) < 4.78 is 0. The zero-order valence-corrected chi connectivity index (χ0v) is 13.4. The van der Waals surface area contributed by atoms with E-state index < -0.39 is 0 Å². The van der Waals surface area contributed by atoms with Crippen molar-refractivity contribution >= 4 is 28.8 Å². The fourth-order valence-electron chi connectivity index (χ4n) is 3.44. The van der Waals surface area contributed by atoms with Crippen molar-refractivity contribution in [2.45, 2.75) is 51.4 Å². The summed E-state index contributed by atoms with van der Waals surface area (Å²) in [5.74, 6) is 0.759. The smallest absolute Gasteiger partial charge is 0.261 e. The first-order chi connectivity index (χ1) is 9.72. The predicted octanol–water partition coefficient (Wildman–Crippen LogP) is 4.16. The van der Waals surface area contributed by atoms with Gasteiger partial charge in [0, 0.05) is 22.7 Å². The van der Waals surface area contributed by atoms with E-state index in [9.17, 15) is 4.79 Å². The summed E-state index contributed by atoms with van der Waals surface area (Å²) in [6.45, 7) is 0.734. The Kier molecular flexibility index (Phi) is 4.37. The van der Waals surface area contributed by atoms with Crippen molar-refractivity contribution < 1.29 is 4.79 Å². The third kappa shape index (κ3) is 2.89. The maximum Gasteiger partial charge on any atom is 0.261 e. The van der Waals surface area contributed by atoms with Gasteiger partial charge in [0.25, 0.3) is 5.91 Å². The van der Waals surface area contributed by atoms with E-state index >= 15 is 0 Å². The van der Waals surface area contributed by atoms with Gasteiger partial charge in [0.05, 0.1) is 4.88 Å². The molecule has 0 spiro atoms. The summed E-state index contributed by atoms with van der Waals surface area (Å²) in [4.78, 5) is 14.6. The van der Waals surface area contributed by atoms with Gasteiger partial charge in [0.15, 0.2) is 0 Å². The number of carbonyl (C=O) groups is 1. The number of hydrogen-bond acceptors (Lipinski definition) is 2. The van der Waals surface area contributed by atoms with E-state index in [1.807, 2.05) is 0 Å². The molecule has 1 N–H and O–H groups in total. The van der Waals surface area contributed by atoms with Gasteiger partial charge in [0.1, 0.15) is 0 Å². The van der Waals surface area contributed by atoms with E-state index in [1.54, 1.807) is 11.3 Å². The third-order valence-electron chi connectivity index (χ3n) is 4.79. The second-order valence-electron chi connectivity index (χ2n) is 6.29. The molecule has 0 atom stereocenters. The summed E-state index contributed by atoms with van der Waals surface area (Å²) in [5.41, 5.74) is 1.55. The second kappa shape index (κ2) is 6.07. The lowest BCUT2D eigenvalue weighted by molar-refractivity contribution is 0.0939. The molecule has 110 valence electrons. The molecule has 3 rings (SSSR count). The van der Waals surface area contributed by atoms with Crippen LogP contribution < -0.4 is 5.32 Å². The molecule has 2 aliphatic rings. The summed E-state index contributed by atoms with van der Waals surface area (Å²) in [5, 5.41) is 3.13. The first-order valence-corrected chi connectivity index (χ1v) is 9.03. The van der Waals surface area contributed by atoms with Crippen molar-refractivity contribution in [3.05, 3.63) is 21.4 Å². The first kappa shape index (κ1) is 14.4. The van der Waals surface area contributed by atoms with Gasteiger partial charge >= 0.3 is 0 Å². The topological polar surface area (TPSA) is 29.1 Å². The van der Waals surface area contributed by atoms with E-state index in [1.165, 1.54) is 36.1 Å². The minimum Gasteiger partial charge on any atom is -0.351 e. The molecule has 2 aliphatic carbocycles. The normalized spacial score (nSPS) is 20.6. The molecule has 0 bridgehead atoms. The zero-order valence-electron chi connectivity index (χ0n) is 11.8. The lowest BCUT2D eigenvalue weighted by atomic mass is 9.88. The van der Waals surface area contributed by atoms with Crippen LogP contribution in [0.2, 0.25) is 0 Å². The van der Waals surface area contributed by atoms with Crippen LogP contribution in [-0.4, -0.2) is 18.3 Å². The number of carbonyl (C=O) groups excluding carboxylic acids is 1. The molecule has 20 heavy (non-hydrogen) atoms. The van der Waals surface area contributed by atoms with Gasteiger partial charge in [-0.05, 0) is 50.2 Å². The molecular weight excluding hydrogens is 290 g/mol. The Morgan fingerprint density at radius 3 is 2.70 bits per heavy atom. The minimum absolute atomic E-state index is 0.0980. The fraction of sp³-hybridized carbons (Fsp3) is 0.688. The average molecular weight is 312 g/mol. The molecule has 2 nitrogen and oxygen atoms in total. The third-order valence-corrected chi connectivity index (χ3v) is 6.59. The van der Waals surface area contributed by atoms with Gasteiger partial charge in [-0.1, -0.05) is 12.8 Å². The predicted molar refractivity (Wildman–Crippen MR) is 84.9 cm³/mol. The Balaban J connectivity index is 1.63. The highest BCUT2D eigenvalue weighted by Gasteiger charge is 2.33. The van der Waals surface area contributed by atoms with Crippen LogP contribution >= 0.6 is 22.9 Å². The molecule has 0 unspecified atom stereocenters. The number of halogens is 1. The Bertz CT molecular complexity index is 467. The van der Waals surface area contributed by atoms with Gasteiger partial charge < -0.3 is 5.32 Å². The number of amides is 1. The molecule has 1 aromatic heterocycles. The number of thiophene rings is 1. The Labute approximate surface area is 129 Å². The molecule has 0 saturated heterocycles. The van der Waals surface area contributed by atoms with Crippen LogP contribution in [0.1, 0.15) is 58.6 Å². The highest BCUT2D eigenvalue weighted by Crippen LogP contribution is 2.38.